The minimum atomic E-state index is -0.217. The molecule has 0 spiro atoms. The molecule has 0 saturated heterocycles. The van der Waals surface area contributed by atoms with E-state index in [2.05, 4.69) is 20.3 Å². The summed E-state index contributed by atoms with van der Waals surface area (Å²) in [4.78, 5) is 24.6. The number of thiazole rings is 1. The van der Waals surface area contributed by atoms with Gasteiger partial charge < -0.3 is 5.32 Å². The van der Waals surface area contributed by atoms with Crippen LogP contribution in [0.5, 0.6) is 0 Å². The molecule has 7 heteroatoms. The molecule has 0 unspecified atom stereocenters. The number of nitrogens with zero attached hydrogens (tertiary/aromatic N) is 3. The SMILES string of the molecule is CC[C@@H](Sc1nccc(C)n1)C(=O)Nc1nccs1. The fourth-order valence-corrected chi connectivity index (χ4v) is 2.84. The van der Waals surface area contributed by atoms with Gasteiger partial charge in [0.05, 0.1) is 5.25 Å². The summed E-state index contributed by atoms with van der Waals surface area (Å²) in [5.74, 6) is -0.0624. The highest BCUT2D eigenvalue weighted by Gasteiger charge is 2.20. The van der Waals surface area contributed by atoms with Crippen molar-refractivity contribution in [2.45, 2.75) is 30.7 Å². The largest absolute Gasteiger partial charge is 0.301 e. The van der Waals surface area contributed by atoms with Gasteiger partial charge >= 0.3 is 0 Å². The average Bonchev–Trinajstić information content (AvgIpc) is 2.88. The Morgan fingerprint density at radius 3 is 2.95 bits per heavy atom. The molecule has 0 aliphatic heterocycles. The number of aryl methyl sites for hydroxylation is 1. The van der Waals surface area contributed by atoms with Crippen LogP contribution in [0.15, 0.2) is 29.0 Å². The molecule has 2 heterocycles. The van der Waals surface area contributed by atoms with Gasteiger partial charge in [0.25, 0.3) is 0 Å². The highest BCUT2D eigenvalue weighted by molar-refractivity contribution is 8.00. The molecule has 0 aromatic carbocycles. The van der Waals surface area contributed by atoms with Gasteiger partial charge in [-0.05, 0) is 19.4 Å². The molecular formula is C12H14N4OS2. The first-order valence-electron chi connectivity index (χ1n) is 5.85. The summed E-state index contributed by atoms with van der Waals surface area (Å²) in [6.45, 7) is 3.87. The Morgan fingerprint density at radius 1 is 1.47 bits per heavy atom. The monoisotopic (exact) mass is 294 g/mol. The van der Waals surface area contributed by atoms with Crippen LogP contribution < -0.4 is 5.32 Å². The third-order valence-corrected chi connectivity index (χ3v) is 4.27. The lowest BCUT2D eigenvalue weighted by molar-refractivity contribution is -0.115. The summed E-state index contributed by atoms with van der Waals surface area (Å²) < 4.78 is 0. The number of thioether (sulfide) groups is 1. The molecule has 100 valence electrons. The number of nitrogens with one attached hydrogen (secondary N) is 1. The number of rotatable bonds is 5. The van der Waals surface area contributed by atoms with Crippen molar-refractivity contribution in [1.29, 1.82) is 0 Å². The van der Waals surface area contributed by atoms with E-state index in [-0.39, 0.29) is 11.2 Å². The normalized spacial score (nSPS) is 12.1. The zero-order chi connectivity index (χ0) is 13.7. The summed E-state index contributed by atoms with van der Waals surface area (Å²) in [7, 11) is 0. The number of anilines is 1. The zero-order valence-corrected chi connectivity index (χ0v) is 12.3. The van der Waals surface area contributed by atoms with Gasteiger partial charge in [-0.1, -0.05) is 18.7 Å². The molecule has 0 aliphatic carbocycles. The summed E-state index contributed by atoms with van der Waals surface area (Å²) in [5, 5.41) is 5.66. The molecular weight excluding hydrogens is 280 g/mol. The molecule has 0 fully saturated rings. The molecule has 1 atom stereocenters. The Hall–Kier alpha value is -1.47. The fraction of sp³-hybridized carbons (Fsp3) is 0.333. The molecule has 19 heavy (non-hydrogen) atoms. The summed E-state index contributed by atoms with van der Waals surface area (Å²) in [6.07, 6.45) is 4.08. The Labute approximate surface area is 119 Å². The standard InChI is InChI=1S/C12H14N4OS2/c1-3-9(10(17)16-11-14-6-7-18-11)19-12-13-5-4-8(2)15-12/h4-7,9H,3H2,1-2H3,(H,14,16,17)/t9-/m1/s1. The third-order valence-electron chi connectivity index (χ3n) is 2.35. The number of hydrogen-bond donors (Lipinski definition) is 1. The smallest absolute Gasteiger partial charge is 0.239 e. The van der Waals surface area contributed by atoms with E-state index in [0.717, 1.165) is 5.69 Å². The fourth-order valence-electron chi connectivity index (χ4n) is 1.40. The lowest BCUT2D eigenvalue weighted by Crippen LogP contribution is -2.24. The Kier molecular flexibility index (Phi) is 4.86. The van der Waals surface area contributed by atoms with E-state index in [4.69, 9.17) is 0 Å². The van der Waals surface area contributed by atoms with Gasteiger partial charge in [0, 0.05) is 23.5 Å². The van der Waals surface area contributed by atoms with Crippen molar-refractivity contribution in [3.63, 3.8) is 0 Å². The van der Waals surface area contributed by atoms with Crippen LogP contribution >= 0.6 is 23.1 Å². The average molecular weight is 294 g/mol. The molecule has 0 aliphatic rings. The van der Waals surface area contributed by atoms with E-state index < -0.39 is 0 Å². The van der Waals surface area contributed by atoms with Crippen molar-refractivity contribution in [2.24, 2.45) is 0 Å². The first kappa shape index (κ1) is 14.0. The van der Waals surface area contributed by atoms with Crippen molar-refractivity contribution in [1.82, 2.24) is 15.0 Å². The van der Waals surface area contributed by atoms with Crippen molar-refractivity contribution < 1.29 is 4.79 Å². The quantitative estimate of drug-likeness (QED) is 0.678. The zero-order valence-electron chi connectivity index (χ0n) is 10.7. The van der Waals surface area contributed by atoms with Crippen LogP contribution in [0.1, 0.15) is 19.0 Å². The lowest BCUT2D eigenvalue weighted by Gasteiger charge is -2.12. The number of amides is 1. The summed E-state index contributed by atoms with van der Waals surface area (Å²) in [5.41, 5.74) is 0.896. The number of carbonyl (C=O) groups is 1. The van der Waals surface area contributed by atoms with E-state index in [9.17, 15) is 4.79 Å². The van der Waals surface area contributed by atoms with Gasteiger partial charge in [-0.25, -0.2) is 15.0 Å². The van der Waals surface area contributed by atoms with Gasteiger partial charge in [0.2, 0.25) is 5.91 Å². The van der Waals surface area contributed by atoms with E-state index in [1.165, 1.54) is 23.1 Å². The highest BCUT2D eigenvalue weighted by Crippen LogP contribution is 2.23. The maximum Gasteiger partial charge on any atom is 0.239 e. The van der Waals surface area contributed by atoms with Gasteiger partial charge in [0.1, 0.15) is 0 Å². The topological polar surface area (TPSA) is 67.8 Å². The van der Waals surface area contributed by atoms with Crippen molar-refractivity contribution >= 4 is 34.1 Å². The van der Waals surface area contributed by atoms with Crippen LogP contribution in [0.4, 0.5) is 5.13 Å². The van der Waals surface area contributed by atoms with Gasteiger partial charge in [0.15, 0.2) is 10.3 Å². The van der Waals surface area contributed by atoms with E-state index in [1.54, 1.807) is 12.4 Å². The molecule has 2 aromatic heterocycles. The summed E-state index contributed by atoms with van der Waals surface area (Å²) in [6, 6.07) is 1.83. The predicted octanol–water partition coefficient (Wildman–Crippen LogP) is 2.75. The lowest BCUT2D eigenvalue weighted by atomic mass is 10.3. The van der Waals surface area contributed by atoms with Crippen LogP contribution in [0.2, 0.25) is 0 Å². The molecule has 2 aromatic rings. The second kappa shape index (κ2) is 6.63. The molecule has 0 radical (unpaired) electrons. The van der Waals surface area contributed by atoms with E-state index in [0.29, 0.717) is 16.7 Å². The first-order chi connectivity index (χ1) is 9.19. The first-order valence-corrected chi connectivity index (χ1v) is 7.61. The van der Waals surface area contributed by atoms with Crippen molar-refractivity contribution in [3.8, 4) is 0 Å². The second-order valence-electron chi connectivity index (χ2n) is 3.82. The molecule has 1 amide bonds. The Morgan fingerprint density at radius 2 is 2.32 bits per heavy atom. The highest BCUT2D eigenvalue weighted by atomic mass is 32.2. The van der Waals surface area contributed by atoms with Crippen LogP contribution in [0, 0.1) is 6.92 Å². The minimum Gasteiger partial charge on any atom is -0.301 e. The van der Waals surface area contributed by atoms with E-state index in [1.807, 2.05) is 25.3 Å². The predicted molar refractivity (Wildman–Crippen MR) is 77.4 cm³/mol. The second-order valence-corrected chi connectivity index (χ2v) is 5.89. The van der Waals surface area contributed by atoms with Gasteiger partial charge in [-0.15, -0.1) is 11.3 Å². The van der Waals surface area contributed by atoms with Crippen molar-refractivity contribution in [3.05, 3.63) is 29.5 Å². The third kappa shape index (κ3) is 4.00. The molecule has 0 bridgehead atoms. The van der Waals surface area contributed by atoms with Crippen LogP contribution in [-0.4, -0.2) is 26.1 Å². The maximum absolute atomic E-state index is 12.1. The Balaban J connectivity index is 2.01. The van der Waals surface area contributed by atoms with E-state index >= 15 is 0 Å². The Bertz CT molecular complexity index is 544. The van der Waals surface area contributed by atoms with Crippen LogP contribution in [0.25, 0.3) is 0 Å². The van der Waals surface area contributed by atoms with Crippen LogP contribution in [-0.2, 0) is 4.79 Å². The minimum absolute atomic E-state index is 0.0624. The van der Waals surface area contributed by atoms with Gasteiger partial charge in [-0.3, -0.25) is 4.79 Å². The maximum atomic E-state index is 12.1. The van der Waals surface area contributed by atoms with Crippen LogP contribution in [0.3, 0.4) is 0 Å². The number of hydrogen-bond acceptors (Lipinski definition) is 6. The molecule has 0 saturated carbocycles. The van der Waals surface area contributed by atoms with Crippen molar-refractivity contribution in [2.75, 3.05) is 5.32 Å². The number of aromatic nitrogens is 3. The molecule has 1 N–H and O–H groups in total. The summed E-state index contributed by atoms with van der Waals surface area (Å²) >= 11 is 2.78. The van der Waals surface area contributed by atoms with Gasteiger partial charge in [-0.2, -0.15) is 0 Å². The number of carbonyl (C=O) groups excluding carboxylic acids is 1. The molecule has 5 nitrogen and oxygen atoms in total. The molecule has 2 rings (SSSR count).